The van der Waals surface area contributed by atoms with Crippen LogP contribution in [-0.2, 0) is 6.42 Å². The van der Waals surface area contributed by atoms with E-state index in [0.717, 1.165) is 25.6 Å². The zero-order valence-electron chi connectivity index (χ0n) is 19.8. The third-order valence-corrected chi connectivity index (χ3v) is 6.63. The molecule has 0 unspecified atom stereocenters. The molecule has 0 saturated heterocycles. The monoisotopic (exact) mass is 584 g/mol. The Balaban J connectivity index is 1.80. The molecule has 0 spiro atoms. The molecule has 0 aliphatic rings. The highest BCUT2D eigenvalue weighted by molar-refractivity contribution is 14.1. The van der Waals surface area contributed by atoms with Crippen molar-refractivity contribution in [2.75, 3.05) is 33.8 Å². The van der Waals surface area contributed by atoms with Gasteiger partial charge in [0.05, 0.1) is 39.7 Å². The van der Waals surface area contributed by atoms with E-state index in [-0.39, 0.29) is 5.91 Å². The van der Waals surface area contributed by atoms with Crippen molar-refractivity contribution in [2.24, 2.45) is 0 Å². The van der Waals surface area contributed by atoms with Gasteiger partial charge >= 0.3 is 0 Å². The molecule has 1 heterocycles. The zero-order valence-corrected chi connectivity index (χ0v) is 22.0. The van der Waals surface area contributed by atoms with Crippen molar-refractivity contribution in [1.29, 1.82) is 0 Å². The van der Waals surface area contributed by atoms with E-state index >= 15 is 0 Å². The number of benzene rings is 3. The number of amides is 1. The number of fused-ring (bicyclic) bond motifs is 1. The van der Waals surface area contributed by atoms with Crippen LogP contribution >= 0.6 is 22.6 Å². The Bertz CT molecular complexity index is 1390. The van der Waals surface area contributed by atoms with Crippen LogP contribution in [-0.4, -0.2) is 39.3 Å². The molecule has 180 valence electrons. The van der Waals surface area contributed by atoms with Crippen LogP contribution in [0.2, 0.25) is 0 Å². The lowest BCUT2D eigenvalue weighted by molar-refractivity contribution is 0.102. The molecule has 0 atom stereocenters. The van der Waals surface area contributed by atoms with E-state index in [1.807, 2.05) is 42.5 Å². The molecule has 0 bridgehead atoms. The van der Waals surface area contributed by atoms with Gasteiger partial charge in [-0.3, -0.25) is 9.78 Å². The highest BCUT2D eigenvalue weighted by atomic mass is 127. The van der Waals surface area contributed by atoms with Gasteiger partial charge in [-0.1, -0.05) is 12.1 Å². The van der Waals surface area contributed by atoms with Crippen molar-refractivity contribution < 1.29 is 23.7 Å². The summed E-state index contributed by atoms with van der Waals surface area (Å²) in [5.74, 6) is 2.14. The minimum atomic E-state index is -0.208. The number of anilines is 1. The summed E-state index contributed by atoms with van der Waals surface area (Å²) >= 11 is 2.16. The van der Waals surface area contributed by atoms with Gasteiger partial charge in [-0.25, -0.2) is 0 Å². The molecule has 0 saturated carbocycles. The number of halogens is 1. The highest BCUT2D eigenvalue weighted by Crippen LogP contribution is 2.37. The zero-order chi connectivity index (χ0) is 24.9. The van der Waals surface area contributed by atoms with Gasteiger partial charge in [0.1, 0.15) is 0 Å². The van der Waals surface area contributed by atoms with Gasteiger partial charge < -0.3 is 24.3 Å². The second-order valence-electron chi connectivity index (χ2n) is 7.66. The Labute approximate surface area is 217 Å². The van der Waals surface area contributed by atoms with Crippen LogP contribution in [0.4, 0.5) is 5.69 Å². The molecule has 35 heavy (non-hydrogen) atoms. The van der Waals surface area contributed by atoms with Crippen LogP contribution in [0.1, 0.15) is 21.6 Å². The molecule has 1 N–H and O–H groups in total. The summed E-state index contributed by atoms with van der Waals surface area (Å²) in [5.41, 5.74) is 2.86. The van der Waals surface area contributed by atoms with Crippen LogP contribution in [0, 0.1) is 3.57 Å². The SMILES string of the molecule is COc1cc(Cc2nccc3cc(OC)c(OC)cc23)c(NC(=O)c2ccccc2I)cc1OC. The molecule has 1 aromatic heterocycles. The van der Waals surface area contributed by atoms with Gasteiger partial charge in [0.25, 0.3) is 5.91 Å². The minimum absolute atomic E-state index is 0.208. The van der Waals surface area contributed by atoms with Crippen molar-refractivity contribution in [2.45, 2.75) is 6.42 Å². The second kappa shape index (κ2) is 10.8. The van der Waals surface area contributed by atoms with E-state index in [0.29, 0.717) is 40.7 Å². The molecule has 1 amide bonds. The summed E-state index contributed by atoms with van der Waals surface area (Å²) in [6, 6.07) is 16.8. The Hall–Kier alpha value is -3.53. The molecular formula is C27H25IN2O5. The first-order chi connectivity index (χ1) is 17.0. The average molecular weight is 584 g/mol. The van der Waals surface area contributed by atoms with Crippen molar-refractivity contribution in [1.82, 2.24) is 4.98 Å². The van der Waals surface area contributed by atoms with Crippen LogP contribution in [0.25, 0.3) is 10.8 Å². The number of carbonyl (C=O) groups is 1. The van der Waals surface area contributed by atoms with Gasteiger partial charge in [-0.15, -0.1) is 0 Å². The second-order valence-corrected chi connectivity index (χ2v) is 8.82. The molecule has 4 rings (SSSR count). The third kappa shape index (κ3) is 5.12. The fraction of sp³-hybridized carbons (Fsp3) is 0.185. The molecule has 7 nitrogen and oxygen atoms in total. The van der Waals surface area contributed by atoms with E-state index in [1.54, 1.807) is 46.8 Å². The number of nitrogens with zero attached hydrogens (tertiary/aromatic N) is 1. The highest BCUT2D eigenvalue weighted by Gasteiger charge is 2.18. The number of methoxy groups -OCH3 is 4. The van der Waals surface area contributed by atoms with Crippen LogP contribution in [0.15, 0.2) is 60.8 Å². The predicted octanol–water partition coefficient (Wildman–Crippen LogP) is 5.72. The quantitative estimate of drug-likeness (QED) is 0.267. The number of ether oxygens (including phenoxy) is 4. The first kappa shape index (κ1) is 24.6. The van der Waals surface area contributed by atoms with E-state index < -0.39 is 0 Å². The lowest BCUT2D eigenvalue weighted by Crippen LogP contribution is -2.15. The fourth-order valence-corrected chi connectivity index (χ4v) is 4.53. The van der Waals surface area contributed by atoms with E-state index in [4.69, 9.17) is 18.9 Å². The van der Waals surface area contributed by atoms with Gasteiger partial charge in [-0.05, 0) is 69.9 Å². The summed E-state index contributed by atoms with van der Waals surface area (Å²) < 4.78 is 22.8. The summed E-state index contributed by atoms with van der Waals surface area (Å²) in [6.07, 6.45) is 2.20. The number of aromatic nitrogens is 1. The van der Waals surface area contributed by atoms with Gasteiger partial charge in [0.15, 0.2) is 23.0 Å². The molecule has 0 aliphatic heterocycles. The predicted molar refractivity (Wildman–Crippen MR) is 144 cm³/mol. The van der Waals surface area contributed by atoms with Gasteiger partial charge in [0.2, 0.25) is 0 Å². The molecule has 8 heteroatoms. The van der Waals surface area contributed by atoms with Gasteiger partial charge in [0, 0.05) is 33.3 Å². The largest absolute Gasteiger partial charge is 0.493 e. The number of rotatable bonds is 8. The molecule has 0 fully saturated rings. The Morgan fingerprint density at radius 2 is 1.49 bits per heavy atom. The van der Waals surface area contributed by atoms with Crippen molar-refractivity contribution in [3.63, 3.8) is 0 Å². The van der Waals surface area contributed by atoms with E-state index in [1.165, 1.54) is 0 Å². The van der Waals surface area contributed by atoms with Crippen LogP contribution in [0.3, 0.4) is 0 Å². The first-order valence-corrected chi connectivity index (χ1v) is 11.9. The Morgan fingerprint density at radius 3 is 2.17 bits per heavy atom. The number of carbonyl (C=O) groups excluding carboxylic acids is 1. The smallest absolute Gasteiger partial charge is 0.256 e. The average Bonchev–Trinajstić information content (AvgIpc) is 2.88. The van der Waals surface area contributed by atoms with E-state index in [9.17, 15) is 4.79 Å². The molecule has 3 aromatic carbocycles. The summed E-state index contributed by atoms with van der Waals surface area (Å²) in [7, 11) is 6.36. The number of hydrogen-bond acceptors (Lipinski definition) is 6. The van der Waals surface area contributed by atoms with Crippen molar-refractivity contribution in [3.05, 3.63) is 81.2 Å². The molecular weight excluding hydrogens is 559 g/mol. The van der Waals surface area contributed by atoms with Crippen molar-refractivity contribution in [3.8, 4) is 23.0 Å². The van der Waals surface area contributed by atoms with E-state index in [2.05, 4.69) is 32.9 Å². The Morgan fingerprint density at radius 1 is 0.857 bits per heavy atom. The fourth-order valence-electron chi connectivity index (χ4n) is 3.90. The van der Waals surface area contributed by atoms with Crippen LogP contribution in [0.5, 0.6) is 23.0 Å². The summed E-state index contributed by atoms with van der Waals surface area (Å²) in [5, 5.41) is 4.95. The molecule has 0 radical (unpaired) electrons. The standard InChI is InChI=1S/C27H25IN2O5/c1-32-23-12-16-9-10-29-22(19(16)14-25(23)34-3)11-17-13-24(33-2)26(35-4)15-21(17)30-27(31)18-7-5-6-8-20(18)28/h5-10,12-15H,11H2,1-4H3,(H,30,31). The minimum Gasteiger partial charge on any atom is -0.493 e. The summed E-state index contributed by atoms with van der Waals surface area (Å²) in [6.45, 7) is 0. The first-order valence-electron chi connectivity index (χ1n) is 10.8. The summed E-state index contributed by atoms with van der Waals surface area (Å²) in [4.78, 5) is 17.8. The van der Waals surface area contributed by atoms with Crippen molar-refractivity contribution >= 4 is 45.0 Å². The third-order valence-electron chi connectivity index (χ3n) is 5.69. The maximum Gasteiger partial charge on any atom is 0.256 e. The number of pyridine rings is 1. The lowest BCUT2D eigenvalue weighted by atomic mass is 10.0. The van der Waals surface area contributed by atoms with Crippen LogP contribution < -0.4 is 24.3 Å². The molecule has 4 aromatic rings. The Kier molecular flexibility index (Phi) is 7.60. The maximum atomic E-state index is 13.1. The normalized spacial score (nSPS) is 10.7. The number of nitrogens with one attached hydrogen (secondary N) is 1. The lowest BCUT2D eigenvalue weighted by Gasteiger charge is -2.17. The molecule has 0 aliphatic carbocycles. The maximum absolute atomic E-state index is 13.1. The number of hydrogen-bond donors (Lipinski definition) is 1. The topological polar surface area (TPSA) is 78.9 Å². The van der Waals surface area contributed by atoms with Gasteiger partial charge in [-0.2, -0.15) is 0 Å².